The van der Waals surface area contributed by atoms with Crippen LogP contribution in [0.5, 0.6) is 0 Å². The number of aryl methyl sites for hydroxylation is 1. The maximum atomic E-state index is 12.5. The Hall–Kier alpha value is -1.66. The van der Waals surface area contributed by atoms with Crippen LogP contribution in [0.2, 0.25) is 0 Å². The lowest BCUT2D eigenvalue weighted by molar-refractivity contribution is 0.190. The third kappa shape index (κ3) is 3.05. The van der Waals surface area contributed by atoms with Gasteiger partial charge in [0.25, 0.3) is 10.0 Å². The van der Waals surface area contributed by atoms with Crippen LogP contribution in [0.25, 0.3) is 4.91 Å². The molecule has 0 bridgehead atoms. The molecule has 0 atom stereocenters. The second-order valence-corrected chi connectivity index (χ2v) is 7.67. The summed E-state index contributed by atoms with van der Waals surface area (Å²) in [7, 11) is -3.61. The van der Waals surface area contributed by atoms with Crippen LogP contribution in [-0.4, -0.2) is 56.8 Å². The molecule has 124 valence electrons. The number of benzene rings is 1. The first-order valence-corrected chi connectivity index (χ1v) is 9.47. The van der Waals surface area contributed by atoms with Crippen molar-refractivity contribution in [3.8, 4) is 0 Å². The number of piperazine rings is 1. The van der Waals surface area contributed by atoms with Gasteiger partial charge in [-0.25, -0.2) is 0 Å². The van der Waals surface area contributed by atoms with E-state index in [4.69, 9.17) is 0 Å². The zero-order valence-electron chi connectivity index (χ0n) is 13.9. The normalized spacial score (nSPS) is 21.7. The highest BCUT2D eigenvalue weighted by Crippen LogP contribution is 2.33. The van der Waals surface area contributed by atoms with Gasteiger partial charge in [-0.15, -0.1) is 4.40 Å². The number of nitrogens with zero attached hydrogens (tertiary/aromatic N) is 3. The number of likely N-dealkylation sites (N-methyl/N-ethyl adjacent to an activating group) is 1. The standard InChI is InChI=1S/C17H23N3O2S/c1-4-19-9-11-20(12-10-19)17-14(3)16(23(21,22)18-17)15-7-5-13(2)6-8-15/h5-8H,4,9-12H2,1-3H3. The van der Waals surface area contributed by atoms with Crippen molar-refractivity contribution in [3.63, 3.8) is 0 Å². The van der Waals surface area contributed by atoms with Crippen molar-refractivity contribution < 1.29 is 8.42 Å². The predicted octanol–water partition coefficient (Wildman–Crippen LogP) is 2.11. The minimum atomic E-state index is -3.61. The average Bonchev–Trinajstić information content (AvgIpc) is 2.78. The highest BCUT2D eigenvalue weighted by Gasteiger charge is 2.34. The van der Waals surface area contributed by atoms with Crippen molar-refractivity contribution >= 4 is 20.8 Å². The molecule has 2 aliphatic heterocycles. The first kappa shape index (κ1) is 16.2. The fourth-order valence-corrected chi connectivity index (χ4v) is 4.65. The van der Waals surface area contributed by atoms with Gasteiger partial charge in [0.2, 0.25) is 0 Å². The Balaban J connectivity index is 1.93. The van der Waals surface area contributed by atoms with Crippen molar-refractivity contribution in [2.45, 2.75) is 20.8 Å². The van der Waals surface area contributed by atoms with Gasteiger partial charge >= 0.3 is 0 Å². The summed E-state index contributed by atoms with van der Waals surface area (Å²) < 4.78 is 29.2. The van der Waals surface area contributed by atoms with E-state index in [-0.39, 0.29) is 0 Å². The van der Waals surface area contributed by atoms with E-state index in [0.717, 1.165) is 49.4 Å². The Kier molecular flexibility index (Phi) is 4.29. The SMILES string of the molecule is CCN1CCN(C2=NS(=O)(=O)C(c3ccc(C)cc3)=C2C)CC1. The Morgan fingerprint density at radius 1 is 1.04 bits per heavy atom. The molecule has 6 heteroatoms. The summed E-state index contributed by atoms with van der Waals surface area (Å²) in [4.78, 5) is 4.81. The van der Waals surface area contributed by atoms with E-state index in [1.54, 1.807) is 0 Å². The molecular formula is C17H23N3O2S. The zero-order valence-corrected chi connectivity index (χ0v) is 14.7. The quantitative estimate of drug-likeness (QED) is 0.832. The summed E-state index contributed by atoms with van der Waals surface area (Å²) in [6.07, 6.45) is 0. The molecule has 0 unspecified atom stereocenters. The molecule has 23 heavy (non-hydrogen) atoms. The monoisotopic (exact) mass is 333 g/mol. The van der Waals surface area contributed by atoms with Gasteiger partial charge < -0.3 is 9.80 Å². The van der Waals surface area contributed by atoms with Crippen molar-refractivity contribution in [3.05, 3.63) is 41.0 Å². The molecule has 1 aromatic carbocycles. The van der Waals surface area contributed by atoms with Crippen LogP contribution >= 0.6 is 0 Å². The summed E-state index contributed by atoms with van der Waals surface area (Å²) >= 11 is 0. The van der Waals surface area contributed by atoms with E-state index in [0.29, 0.717) is 10.7 Å². The highest BCUT2D eigenvalue weighted by molar-refractivity contribution is 8.00. The summed E-state index contributed by atoms with van der Waals surface area (Å²) in [5, 5.41) is 0. The number of hydrogen-bond donors (Lipinski definition) is 0. The van der Waals surface area contributed by atoms with Crippen molar-refractivity contribution in [2.24, 2.45) is 4.40 Å². The van der Waals surface area contributed by atoms with Gasteiger partial charge in [0.05, 0.1) is 0 Å². The van der Waals surface area contributed by atoms with Crippen LogP contribution in [0.3, 0.4) is 0 Å². The molecule has 2 heterocycles. The van der Waals surface area contributed by atoms with E-state index in [1.165, 1.54) is 0 Å². The van der Waals surface area contributed by atoms with Crippen LogP contribution in [-0.2, 0) is 10.0 Å². The van der Waals surface area contributed by atoms with Gasteiger partial charge in [-0.1, -0.05) is 36.8 Å². The van der Waals surface area contributed by atoms with Crippen molar-refractivity contribution in [1.82, 2.24) is 9.80 Å². The first-order valence-electron chi connectivity index (χ1n) is 8.03. The lowest BCUT2D eigenvalue weighted by Gasteiger charge is -2.35. The third-order valence-electron chi connectivity index (χ3n) is 4.57. The van der Waals surface area contributed by atoms with Gasteiger partial charge in [0.15, 0.2) is 0 Å². The minimum Gasteiger partial charge on any atom is -0.353 e. The molecule has 1 aromatic rings. The Labute approximate surface area is 138 Å². The molecule has 0 spiro atoms. The Morgan fingerprint density at radius 2 is 1.65 bits per heavy atom. The van der Waals surface area contributed by atoms with E-state index >= 15 is 0 Å². The second kappa shape index (κ2) is 6.09. The van der Waals surface area contributed by atoms with E-state index < -0.39 is 10.0 Å². The molecule has 2 aliphatic rings. The van der Waals surface area contributed by atoms with Gasteiger partial charge in [0.1, 0.15) is 10.7 Å². The van der Waals surface area contributed by atoms with Gasteiger partial charge in [-0.3, -0.25) is 0 Å². The van der Waals surface area contributed by atoms with E-state index in [1.807, 2.05) is 38.1 Å². The lowest BCUT2D eigenvalue weighted by atomic mass is 10.1. The van der Waals surface area contributed by atoms with Crippen LogP contribution in [0.15, 0.2) is 34.2 Å². The molecule has 0 aliphatic carbocycles. The maximum Gasteiger partial charge on any atom is 0.285 e. The van der Waals surface area contributed by atoms with E-state index in [9.17, 15) is 8.42 Å². The van der Waals surface area contributed by atoms with Gasteiger partial charge in [-0.05, 0) is 26.0 Å². The van der Waals surface area contributed by atoms with E-state index in [2.05, 4.69) is 21.1 Å². The molecule has 5 nitrogen and oxygen atoms in total. The maximum absolute atomic E-state index is 12.5. The van der Waals surface area contributed by atoms with Crippen LogP contribution in [0.1, 0.15) is 25.0 Å². The number of amidine groups is 1. The molecular weight excluding hydrogens is 310 g/mol. The molecule has 1 fully saturated rings. The van der Waals surface area contributed by atoms with Gasteiger partial charge in [0, 0.05) is 31.8 Å². The number of sulfonamides is 1. The summed E-state index contributed by atoms with van der Waals surface area (Å²) in [6, 6.07) is 7.59. The predicted molar refractivity (Wildman–Crippen MR) is 93.8 cm³/mol. The summed E-state index contributed by atoms with van der Waals surface area (Å²) in [5.74, 6) is 0.622. The highest BCUT2D eigenvalue weighted by atomic mass is 32.2. The molecule has 0 saturated carbocycles. The van der Waals surface area contributed by atoms with Crippen LogP contribution < -0.4 is 0 Å². The van der Waals surface area contributed by atoms with Crippen molar-refractivity contribution in [2.75, 3.05) is 32.7 Å². The fourth-order valence-electron chi connectivity index (χ4n) is 3.16. The first-order chi connectivity index (χ1) is 10.9. The van der Waals surface area contributed by atoms with Crippen molar-refractivity contribution in [1.29, 1.82) is 0 Å². The number of hydrogen-bond acceptors (Lipinski definition) is 4. The molecule has 0 aromatic heterocycles. The smallest absolute Gasteiger partial charge is 0.285 e. The topological polar surface area (TPSA) is 53.0 Å². The lowest BCUT2D eigenvalue weighted by Crippen LogP contribution is -2.48. The molecule has 0 N–H and O–H groups in total. The Morgan fingerprint density at radius 3 is 2.22 bits per heavy atom. The van der Waals surface area contributed by atoms with Crippen LogP contribution in [0, 0.1) is 6.92 Å². The van der Waals surface area contributed by atoms with Crippen LogP contribution in [0.4, 0.5) is 0 Å². The second-order valence-electron chi connectivity index (χ2n) is 6.13. The third-order valence-corrected chi connectivity index (χ3v) is 6.04. The average molecular weight is 333 g/mol. The largest absolute Gasteiger partial charge is 0.353 e. The molecule has 1 saturated heterocycles. The molecule has 0 amide bonds. The number of rotatable bonds is 2. The van der Waals surface area contributed by atoms with Gasteiger partial charge in [-0.2, -0.15) is 8.42 Å². The molecule has 0 radical (unpaired) electrons. The zero-order chi connectivity index (χ0) is 16.6. The summed E-state index contributed by atoms with van der Waals surface area (Å²) in [6.45, 7) is 10.6. The Bertz CT molecular complexity index is 756. The summed E-state index contributed by atoms with van der Waals surface area (Å²) in [5.41, 5.74) is 2.59. The molecule has 3 rings (SSSR count). The minimum absolute atomic E-state index is 0.352. The fraction of sp³-hybridized carbons (Fsp3) is 0.471.